The van der Waals surface area contributed by atoms with Gasteiger partial charge in [-0.25, -0.2) is 0 Å². The van der Waals surface area contributed by atoms with Gasteiger partial charge in [-0.3, -0.25) is 4.90 Å². The molecule has 3 heteroatoms. The van der Waals surface area contributed by atoms with Gasteiger partial charge in [-0.15, -0.1) is 0 Å². The van der Waals surface area contributed by atoms with E-state index in [0.717, 1.165) is 25.2 Å². The van der Waals surface area contributed by atoms with Crippen LogP contribution in [-0.2, 0) is 13.2 Å². The van der Waals surface area contributed by atoms with Gasteiger partial charge in [0.2, 0.25) is 0 Å². The van der Waals surface area contributed by atoms with Crippen LogP contribution in [0.5, 0.6) is 0 Å². The van der Waals surface area contributed by atoms with Gasteiger partial charge in [0.25, 0.3) is 0 Å². The van der Waals surface area contributed by atoms with Crippen LogP contribution in [-0.4, -0.2) is 29.1 Å². The van der Waals surface area contributed by atoms with E-state index < -0.39 is 0 Å². The van der Waals surface area contributed by atoms with Gasteiger partial charge in [0.15, 0.2) is 0 Å². The zero-order valence-electron chi connectivity index (χ0n) is 10.5. The molecule has 0 saturated carbocycles. The lowest BCUT2D eigenvalue weighted by Crippen LogP contribution is -2.29. The fourth-order valence-corrected chi connectivity index (χ4v) is 2.44. The maximum atomic E-state index is 8.98. The average Bonchev–Trinajstić information content (AvgIpc) is 2.79. The molecule has 1 aromatic carbocycles. The van der Waals surface area contributed by atoms with Gasteiger partial charge in [0.05, 0.1) is 6.61 Å². The number of likely N-dealkylation sites (tertiary alicyclic amines) is 1. The minimum atomic E-state index is 0.122. The van der Waals surface area contributed by atoms with E-state index in [1.165, 1.54) is 12.0 Å². The summed E-state index contributed by atoms with van der Waals surface area (Å²) in [5.74, 6) is 0.645. The minimum Gasteiger partial charge on any atom is -0.392 e. The predicted molar refractivity (Wildman–Crippen MR) is 69.4 cm³/mol. The van der Waals surface area contributed by atoms with Crippen molar-refractivity contribution in [1.82, 2.24) is 4.90 Å². The molecule has 2 unspecified atom stereocenters. The fourth-order valence-electron chi connectivity index (χ4n) is 2.44. The van der Waals surface area contributed by atoms with Crippen LogP contribution < -0.4 is 5.73 Å². The van der Waals surface area contributed by atoms with Gasteiger partial charge in [-0.1, -0.05) is 24.3 Å². The molecule has 1 aliphatic rings. The number of aliphatic hydroxyl groups is 1. The van der Waals surface area contributed by atoms with Crippen LogP contribution in [0, 0.1) is 5.92 Å². The van der Waals surface area contributed by atoms with Gasteiger partial charge < -0.3 is 10.8 Å². The molecule has 3 nitrogen and oxygen atoms in total. The molecule has 3 N–H and O–H groups in total. The molecule has 1 aromatic rings. The van der Waals surface area contributed by atoms with Gasteiger partial charge in [-0.2, -0.15) is 0 Å². The van der Waals surface area contributed by atoms with Crippen LogP contribution in [0.2, 0.25) is 0 Å². The summed E-state index contributed by atoms with van der Waals surface area (Å²) in [6.45, 7) is 5.48. The highest BCUT2D eigenvalue weighted by molar-refractivity contribution is 5.22. The molecule has 2 rings (SSSR count). The fraction of sp³-hybridized carbons (Fsp3) is 0.571. The molecule has 1 saturated heterocycles. The normalized spacial score (nSPS) is 22.9. The van der Waals surface area contributed by atoms with E-state index >= 15 is 0 Å². The Morgan fingerprint density at radius 1 is 1.35 bits per heavy atom. The van der Waals surface area contributed by atoms with Gasteiger partial charge in [0.1, 0.15) is 0 Å². The summed E-state index contributed by atoms with van der Waals surface area (Å²) in [4.78, 5) is 2.46. The minimum absolute atomic E-state index is 0.122. The second-order valence-corrected chi connectivity index (χ2v) is 5.12. The number of hydrogen-bond acceptors (Lipinski definition) is 3. The first-order valence-electron chi connectivity index (χ1n) is 6.35. The number of aliphatic hydroxyl groups excluding tert-OH is 1. The highest BCUT2D eigenvalue weighted by Gasteiger charge is 2.24. The molecule has 0 bridgehead atoms. The molecule has 0 aromatic heterocycles. The highest BCUT2D eigenvalue weighted by atomic mass is 16.3. The topological polar surface area (TPSA) is 49.5 Å². The molecular formula is C14H22N2O. The smallest absolute Gasteiger partial charge is 0.0681 e. The van der Waals surface area contributed by atoms with Crippen LogP contribution in [0.15, 0.2) is 24.3 Å². The molecule has 0 radical (unpaired) electrons. The van der Waals surface area contributed by atoms with Gasteiger partial charge in [0, 0.05) is 19.1 Å². The number of hydrogen-bond donors (Lipinski definition) is 2. The molecule has 0 spiro atoms. The van der Waals surface area contributed by atoms with E-state index in [-0.39, 0.29) is 6.61 Å². The van der Waals surface area contributed by atoms with Crippen LogP contribution in [0.3, 0.4) is 0 Å². The lowest BCUT2D eigenvalue weighted by Gasteiger charge is -2.17. The first-order chi connectivity index (χ1) is 8.19. The first kappa shape index (κ1) is 12.6. The molecule has 1 fully saturated rings. The summed E-state index contributed by atoms with van der Waals surface area (Å²) in [7, 11) is 0. The van der Waals surface area contributed by atoms with E-state index in [9.17, 15) is 0 Å². The Labute approximate surface area is 103 Å². The Hall–Kier alpha value is -0.900. The summed E-state index contributed by atoms with van der Waals surface area (Å²) in [6, 6.07) is 8.50. The van der Waals surface area contributed by atoms with Crippen molar-refractivity contribution in [1.29, 1.82) is 0 Å². The first-order valence-corrected chi connectivity index (χ1v) is 6.35. The molecular weight excluding hydrogens is 212 g/mol. The van der Waals surface area contributed by atoms with E-state index in [1.807, 2.05) is 12.1 Å². The van der Waals surface area contributed by atoms with Crippen molar-refractivity contribution in [2.45, 2.75) is 32.5 Å². The van der Waals surface area contributed by atoms with E-state index in [1.54, 1.807) is 0 Å². The van der Waals surface area contributed by atoms with Crippen molar-refractivity contribution >= 4 is 0 Å². The highest BCUT2D eigenvalue weighted by Crippen LogP contribution is 2.20. The maximum absolute atomic E-state index is 8.98. The zero-order valence-corrected chi connectivity index (χ0v) is 10.5. The van der Waals surface area contributed by atoms with Crippen molar-refractivity contribution in [3.05, 3.63) is 35.4 Å². The zero-order chi connectivity index (χ0) is 12.3. The van der Waals surface area contributed by atoms with Crippen molar-refractivity contribution in [2.24, 2.45) is 11.7 Å². The Morgan fingerprint density at radius 3 is 2.53 bits per heavy atom. The Bertz CT molecular complexity index is 348. The third-order valence-electron chi connectivity index (χ3n) is 3.66. The Kier molecular flexibility index (Phi) is 4.15. The second-order valence-electron chi connectivity index (χ2n) is 5.12. The lowest BCUT2D eigenvalue weighted by atomic mass is 10.0. The van der Waals surface area contributed by atoms with Crippen molar-refractivity contribution in [3.63, 3.8) is 0 Å². The monoisotopic (exact) mass is 234 g/mol. The van der Waals surface area contributed by atoms with Crippen LogP contribution >= 0.6 is 0 Å². The summed E-state index contributed by atoms with van der Waals surface area (Å²) < 4.78 is 0. The molecule has 17 heavy (non-hydrogen) atoms. The summed E-state index contributed by atoms with van der Waals surface area (Å²) >= 11 is 0. The number of rotatable bonds is 4. The largest absolute Gasteiger partial charge is 0.392 e. The van der Waals surface area contributed by atoms with Crippen LogP contribution in [0.25, 0.3) is 0 Å². The standard InChI is InChI=1S/C14H22N2O/c1-11(15)14-6-7-16(9-14)8-12-2-4-13(10-17)5-3-12/h2-5,11,14,17H,6-10,15H2,1H3. The van der Waals surface area contributed by atoms with E-state index in [4.69, 9.17) is 10.8 Å². The van der Waals surface area contributed by atoms with Gasteiger partial charge >= 0.3 is 0 Å². The van der Waals surface area contributed by atoms with Crippen LogP contribution in [0.4, 0.5) is 0 Å². The quantitative estimate of drug-likeness (QED) is 0.826. The molecule has 94 valence electrons. The maximum Gasteiger partial charge on any atom is 0.0681 e. The summed E-state index contributed by atoms with van der Waals surface area (Å²) in [5, 5.41) is 8.98. The van der Waals surface area contributed by atoms with E-state index in [2.05, 4.69) is 24.0 Å². The predicted octanol–water partition coefficient (Wildman–Crippen LogP) is 1.35. The van der Waals surface area contributed by atoms with Crippen molar-refractivity contribution in [2.75, 3.05) is 13.1 Å². The second kappa shape index (κ2) is 5.63. The van der Waals surface area contributed by atoms with Crippen molar-refractivity contribution in [3.8, 4) is 0 Å². The third kappa shape index (κ3) is 3.28. The van der Waals surface area contributed by atoms with Gasteiger partial charge in [-0.05, 0) is 36.9 Å². The molecule has 1 aliphatic heterocycles. The Morgan fingerprint density at radius 2 is 2.00 bits per heavy atom. The number of nitrogens with zero attached hydrogens (tertiary/aromatic N) is 1. The lowest BCUT2D eigenvalue weighted by molar-refractivity contribution is 0.281. The summed E-state index contributed by atoms with van der Waals surface area (Å²) in [6.07, 6.45) is 1.21. The van der Waals surface area contributed by atoms with Crippen LogP contribution in [0.1, 0.15) is 24.5 Å². The average molecular weight is 234 g/mol. The third-order valence-corrected chi connectivity index (χ3v) is 3.66. The molecule has 1 heterocycles. The molecule has 0 aliphatic carbocycles. The number of benzene rings is 1. The van der Waals surface area contributed by atoms with Crippen molar-refractivity contribution < 1.29 is 5.11 Å². The summed E-state index contributed by atoms with van der Waals surface area (Å²) in [5.41, 5.74) is 8.22. The molecule has 0 amide bonds. The number of nitrogens with two attached hydrogens (primary N) is 1. The molecule has 2 atom stereocenters. The Balaban J connectivity index is 1.89. The van der Waals surface area contributed by atoms with E-state index in [0.29, 0.717) is 12.0 Å². The SMILES string of the molecule is CC(N)C1CCN(Cc2ccc(CO)cc2)C1.